The second-order valence-corrected chi connectivity index (χ2v) is 4.11. The minimum atomic E-state index is -0.405. The fraction of sp³-hybridized carbons (Fsp3) is 0.385. The van der Waals surface area contributed by atoms with Crippen LogP contribution in [0.3, 0.4) is 0 Å². The lowest BCUT2D eigenvalue weighted by Crippen LogP contribution is -2.37. The molecule has 1 aromatic carbocycles. The molecule has 0 radical (unpaired) electrons. The summed E-state index contributed by atoms with van der Waals surface area (Å²) >= 11 is 0. The van der Waals surface area contributed by atoms with Crippen LogP contribution in [0.25, 0.3) is 0 Å². The smallest absolute Gasteiger partial charge is 0.319 e. The van der Waals surface area contributed by atoms with Crippen LogP contribution in [0, 0.1) is 0 Å². The molecule has 1 atom stereocenters. The number of hydrogen-bond donors (Lipinski definition) is 4. The molecule has 0 aliphatic rings. The fourth-order valence-corrected chi connectivity index (χ4v) is 1.45. The fourth-order valence-electron chi connectivity index (χ4n) is 1.45. The van der Waals surface area contributed by atoms with Gasteiger partial charge < -0.3 is 21.3 Å². The molecule has 0 spiro atoms. The maximum atomic E-state index is 11.5. The van der Waals surface area contributed by atoms with Crippen LogP contribution in [-0.4, -0.2) is 32.6 Å². The molecule has 0 heterocycles. The normalized spacial score (nSPS) is 11.5. The van der Waals surface area contributed by atoms with Crippen LogP contribution in [0.2, 0.25) is 0 Å². The predicted octanol–water partition coefficient (Wildman–Crippen LogP) is 0.834. The average Bonchev–Trinajstić information content (AvgIpc) is 2.44. The van der Waals surface area contributed by atoms with E-state index in [2.05, 4.69) is 28.2 Å². The Hall–Kier alpha value is -2.08. The second kappa shape index (κ2) is 7.38. The summed E-state index contributed by atoms with van der Waals surface area (Å²) in [6, 6.07) is 7.38. The van der Waals surface area contributed by atoms with E-state index in [0.29, 0.717) is 5.69 Å². The summed E-state index contributed by atoms with van der Waals surface area (Å²) < 4.78 is 0. The van der Waals surface area contributed by atoms with Gasteiger partial charge in [0.2, 0.25) is 5.91 Å². The van der Waals surface area contributed by atoms with Gasteiger partial charge in [-0.25, -0.2) is 4.79 Å². The van der Waals surface area contributed by atoms with Crippen molar-refractivity contribution < 1.29 is 9.59 Å². The first-order valence-electron chi connectivity index (χ1n) is 6.09. The first-order chi connectivity index (χ1) is 9.06. The van der Waals surface area contributed by atoms with Gasteiger partial charge in [-0.1, -0.05) is 12.1 Å². The molecule has 0 saturated heterocycles. The molecule has 3 amide bonds. The van der Waals surface area contributed by atoms with Gasteiger partial charge in [-0.2, -0.15) is 0 Å². The average molecular weight is 264 g/mol. The topological polar surface area (TPSA) is 82.3 Å². The zero-order valence-electron chi connectivity index (χ0n) is 11.4. The van der Waals surface area contributed by atoms with Crippen LogP contribution in [0.1, 0.15) is 18.5 Å². The number of rotatable bonds is 5. The van der Waals surface area contributed by atoms with E-state index in [1.54, 1.807) is 0 Å². The van der Waals surface area contributed by atoms with Crippen LogP contribution < -0.4 is 21.3 Å². The van der Waals surface area contributed by atoms with Gasteiger partial charge in [-0.15, -0.1) is 0 Å². The van der Waals surface area contributed by atoms with E-state index in [1.165, 1.54) is 7.05 Å². The maximum Gasteiger partial charge on any atom is 0.319 e. The molecule has 0 aliphatic heterocycles. The number of amides is 3. The van der Waals surface area contributed by atoms with Gasteiger partial charge >= 0.3 is 6.03 Å². The Morgan fingerprint density at radius 1 is 1.16 bits per heavy atom. The van der Waals surface area contributed by atoms with Gasteiger partial charge in [-0.05, 0) is 31.7 Å². The summed E-state index contributed by atoms with van der Waals surface area (Å²) in [6.45, 7) is 2.01. The molecule has 6 nitrogen and oxygen atoms in total. The van der Waals surface area contributed by atoms with Crippen molar-refractivity contribution in [3.05, 3.63) is 29.8 Å². The van der Waals surface area contributed by atoms with Crippen molar-refractivity contribution in [2.45, 2.75) is 13.0 Å². The number of carbonyl (C=O) groups is 2. The molecule has 0 bridgehead atoms. The van der Waals surface area contributed by atoms with Gasteiger partial charge in [0.1, 0.15) is 0 Å². The number of urea groups is 1. The highest BCUT2D eigenvalue weighted by atomic mass is 16.2. The summed E-state index contributed by atoms with van der Waals surface area (Å²) in [5, 5.41) is 10.7. The van der Waals surface area contributed by atoms with E-state index >= 15 is 0 Å². The van der Waals surface area contributed by atoms with Gasteiger partial charge in [0.25, 0.3) is 0 Å². The molecule has 19 heavy (non-hydrogen) atoms. The summed E-state index contributed by atoms with van der Waals surface area (Å²) in [6.07, 6.45) is 0. The molecule has 104 valence electrons. The zero-order valence-corrected chi connectivity index (χ0v) is 11.4. The number of carbonyl (C=O) groups excluding carboxylic acids is 2. The Kier molecular flexibility index (Phi) is 5.81. The summed E-state index contributed by atoms with van der Waals surface area (Å²) in [4.78, 5) is 22.5. The number of likely N-dealkylation sites (N-methyl/N-ethyl adjacent to an activating group) is 1. The molecule has 1 aromatic rings. The molecule has 0 saturated carbocycles. The summed E-state index contributed by atoms with van der Waals surface area (Å²) in [7, 11) is 3.41. The Morgan fingerprint density at radius 2 is 1.79 bits per heavy atom. The van der Waals surface area contributed by atoms with E-state index in [1.807, 2.05) is 31.3 Å². The maximum absolute atomic E-state index is 11.5. The van der Waals surface area contributed by atoms with Gasteiger partial charge in [-0.3, -0.25) is 4.79 Å². The van der Waals surface area contributed by atoms with Crippen molar-refractivity contribution in [3.63, 3.8) is 0 Å². The largest absolute Gasteiger partial charge is 0.358 e. The van der Waals surface area contributed by atoms with Crippen molar-refractivity contribution in [2.24, 2.45) is 0 Å². The summed E-state index contributed by atoms with van der Waals surface area (Å²) in [5.74, 6) is -0.242. The zero-order chi connectivity index (χ0) is 14.3. The Balaban J connectivity index is 2.49. The minimum Gasteiger partial charge on any atom is -0.358 e. The number of anilines is 1. The van der Waals surface area contributed by atoms with Crippen molar-refractivity contribution in [1.82, 2.24) is 16.0 Å². The Morgan fingerprint density at radius 3 is 2.32 bits per heavy atom. The third kappa shape index (κ3) is 4.97. The highest BCUT2D eigenvalue weighted by Gasteiger charge is 2.05. The lowest BCUT2D eigenvalue weighted by Gasteiger charge is -2.12. The SMILES string of the molecule is CNC(=O)CNC(=O)Nc1ccc(C(C)NC)cc1. The lowest BCUT2D eigenvalue weighted by atomic mass is 10.1. The summed E-state index contributed by atoms with van der Waals surface area (Å²) in [5.41, 5.74) is 1.82. The molecule has 4 N–H and O–H groups in total. The van der Waals surface area contributed by atoms with Crippen molar-refractivity contribution >= 4 is 17.6 Å². The van der Waals surface area contributed by atoms with Crippen LogP contribution >= 0.6 is 0 Å². The van der Waals surface area contributed by atoms with Crippen LogP contribution in [0.15, 0.2) is 24.3 Å². The van der Waals surface area contributed by atoms with Crippen LogP contribution in [0.4, 0.5) is 10.5 Å². The van der Waals surface area contributed by atoms with Gasteiger partial charge in [0, 0.05) is 18.8 Å². The number of nitrogens with one attached hydrogen (secondary N) is 4. The Labute approximate surface area is 113 Å². The molecule has 1 unspecified atom stereocenters. The monoisotopic (exact) mass is 264 g/mol. The van der Waals surface area contributed by atoms with Crippen molar-refractivity contribution in [2.75, 3.05) is 26.0 Å². The van der Waals surface area contributed by atoms with E-state index in [-0.39, 0.29) is 18.5 Å². The molecule has 0 aliphatic carbocycles. The molecule has 6 heteroatoms. The van der Waals surface area contributed by atoms with E-state index in [9.17, 15) is 9.59 Å². The molecule has 0 fully saturated rings. The van der Waals surface area contributed by atoms with E-state index < -0.39 is 6.03 Å². The molecule has 1 rings (SSSR count). The van der Waals surface area contributed by atoms with Crippen molar-refractivity contribution in [1.29, 1.82) is 0 Å². The number of benzene rings is 1. The van der Waals surface area contributed by atoms with Crippen LogP contribution in [-0.2, 0) is 4.79 Å². The molecular weight excluding hydrogens is 244 g/mol. The first-order valence-corrected chi connectivity index (χ1v) is 6.09. The number of hydrogen-bond acceptors (Lipinski definition) is 3. The highest BCUT2D eigenvalue weighted by Crippen LogP contribution is 2.15. The lowest BCUT2D eigenvalue weighted by molar-refractivity contribution is -0.119. The standard InChI is InChI=1S/C13H20N4O2/c1-9(14-2)10-4-6-11(7-5-10)17-13(19)16-8-12(18)15-3/h4-7,9,14H,8H2,1-3H3,(H,15,18)(H2,16,17,19). The predicted molar refractivity (Wildman–Crippen MR) is 75.0 cm³/mol. The van der Waals surface area contributed by atoms with Gasteiger partial charge in [0.15, 0.2) is 0 Å². The third-order valence-electron chi connectivity index (χ3n) is 2.79. The highest BCUT2D eigenvalue weighted by molar-refractivity contribution is 5.92. The second-order valence-electron chi connectivity index (χ2n) is 4.11. The van der Waals surface area contributed by atoms with E-state index in [0.717, 1.165) is 5.56 Å². The molecular formula is C13H20N4O2. The first kappa shape index (κ1) is 15.0. The van der Waals surface area contributed by atoms with E-state index in [4.69, 9.17) is 0 Å². The minimum absolute atomic E-state index is 0.0444. The Bertz CT molecular complexity index is 431. The molecule has 0 aromatic heterocycles. The van der Waals surface area contributed by atoms with Crippen LogP contribution in [0.5, 0.6) is 0 Å². The van der Waals surface area contributed by atoms with Crippen molar-refractivity contribution in [3.8, 4) is 0 Å². The quantitative estimate of drug-likeness (QED) is 0.636. The third-order valence-corrected chi connectivity index (χ3v) is 2.79. The van der Waals surface area contributed by atoms with Gasteiger partial charge in [0.05, 0.1) is 6.54 Å².